The molecule has 0 radical (unpaired) electrons. The van der Waals surface area contributed by atoms with E-state index < -0.39 is 0 Å². The number of anilines is 3. The topological polar surface area (TPSA) is 32.3 Å². The van der Waals surface area contributed by atoms with E-state index in [1.807, 2.05) is 42.4 Å². The maximum absolute atomic E-state index is 4.82. The molecule has 1 aliphatic heterocycles. The van der Waals surface area contributed by atoms with Gasteiger partial charge in [-0.1, -0.05) is 48.5 Å². The molecule has 0 atom stereocenters. The molecule has 3 aromatic rings. The number of piperidine rings is 1. The van der Waals surface area contributed by atoms with Gasteiger partial charge in [0.05, 0.1) is 0 Å². The van der Waals surface area contributed by atoms with E-state index in [0.717, 1.165) is 36.5 Å². The van der Waals surface area contributed by atoms with Crippen molar-refractivity contribution in [3.05, 3.63) is 78.5 Å². The van der Waals surface area contributed by atoms with E-state index in [-0.39, 0.29) is 0 Å². The third-order valence-corrected chi connectivity index (χ3v) is 5.38. The van der Waals surface area contributed by atoms with Gasteiger partial charge in [-0.15, -0.1) is 0 Å². The molecule has 0 aliphatic carbocycles. The molecule has 0 amide bonds. The van der Waals surface area contributed by atoms with Crippen molar-refractivity contribution in [1.29, 1.82) is 0 Å². The quantitative estimate of drug-likeness (QED) is 0.661. The Hall–Kier alpha value is -2.88. The van der Waals surface area contributed by atoms with Gasteiger partial charge in [-0.25, -0.2) is 4.98 Å². The summed E-state index contributed by atoms with van der Waals surface area (Å²) < 4.78 is 0. The lowest BCUT2D eigenvalue weighted by atomic mass is 9.90. The summed E-state index contributed by atoms with van der Waals surface area (Å²) in [6, 6.07) is 23.1. The maximum Gasteiger partial charge on any atom is 0.231 e. The Bertz CT molecular complexity index is 843. The van der Waals surface area contributed by atoms with E-state index in [1.165, 1.54) is 24.8 Å². The van der Waals surface area contributed by atoms with Crippen molar-refractivity contribution in [2.75, 3.05) is 29.9 Å². The average Bonchev–Trinajstić information content (AvgIpc) is 2.75. The maximum atomic E-state index is 4.82. The third kappa shape index (κ3) is 4.27. The van der Waals surface area contributed by atoms with Crippen LogP contribution in [0.25, 0.3) is 0 Å². The lowest BCUT2D eigenvalue weighted by molar-refractivity contribution is 0.402. The Balaban J connectivity index is 1.40. The molecule has 0 bridgehead atoms. The monoisotopic (exact) mass is 358 g/mol. The highest BCUT2D eigenvalue weighted by atomic mass is 15.3. The van der Waals surface area contributed by atoms with Crippen molar-refractivity contribution in [3.63, 3.8) is 0 Å². The van der Waals surface area contributed by atoms with Gasteiger partial charge < -0.3 is 9.80 Å². The zero-order valence-electron chi connectivity index (χ0n) is 15.8. The summed E-state index contributed by atoms with van der Waals surface area (Å²) in [5.74, 6) is 2.53. The van der Waals surface area contributed by atoms with E-state index in [2.05, 4.69) is 52.3 Å². The first-order valence-electron chi connectivity index (χ1n) is 9.70. The zero-order valence-corrected chi connectivity index (χ0v) is 15.8. The van der Waals surface area contributed by atoms with E-state index in [1.54, 1.807) is 0 Å². The van der Waals surface area contributed by atoms with Gasteiger partial charge in [0.15, 0.2) is 0 Å². The van der Waals surface area contributed by atoms with Crippen LogP contribution in [-0.4, -0.2) is 30.1 Å². The molecule has 4 heteroatoms. The van der Waals surface area contributed by atoms with Crippen LogP contribution in [0.15, 0.2) is 72.9 Å². The molecule has 0 unspecified atom stereocenters. The predicted molar refractivity (Wildman–Crippen MR) is 112 cm³/mol. The predicted octanol–water partition coefficient (Wildman–Crippen LogP) is 4.70. The Kier molecular flexibility index (Phi) is 5.33. The fraction of sp³-hybridized carbons (Fsp3) is 0.304. The highest BCUT2D eigenvalue weighted by Gasteiger charge is 2.21. The minimum Gasteiger partial charge on any atom is -0.356 e. The highest BCUT2D eigenvalue weighted by molar-refractivity contribution is 5.57. The van der Waals surface area contributed by atoms with Crippen LogP contribution >= 0.6 is 0 Å². The number of nitrogens with zero attached hydrogens (tertiary/aromatic N) is 4. The molecule has 4 rings (SSSR count). The summed E-state index contributed by atoms with van der Waals surface area (Å²) in [6.07, 6.45) is 5.47. The summed E-state index contributed by atoms with van der Waals surface area (Å²) in [5, 5.41) is 0. The normalized spacial score (nSPS) is 14.9. The molecule has 4 nitrogen and oxygen atoms in total. The molecule has 1 aliphatic rings. The molecule has 1 saturated heterocycles. The summed E-state index contributed by atoms with van der Waals surface area (Å²) in [6.45, 7) is 2.12. The van der Waals surface area contributed by atoms with Crippen molar-refractivity contribution in [2.24, 2.45) is 5.92 Å². The minimum atomic E-state index is 0.741. The van der Waals surface area contributed by atoms with Crippen molar-refractivity contribution in [1.82, 2.24) is 9.97 Å². The van der Waals surface area contributed by atoms with Crippen LogP contribution in [0, 0.1) is 5.92 Å². The van der Waals surface area contributed by atoms with Gasteiger partial charge in [0.25, 0.3) is 0 Å². The van der Waals surface area contributed by atoms with E-state index in [9.17, 15) is 0 Å². The first-order valence-corrected chi connectivity index (χ1v) is 9.70. The molecule has 0 saturated carbocycles. The smallest absolute Gasteiger partial charge is 0.231 e. The SMILES string of the molecule is CN(c1ccccc1)c1nccc(N2CCC(Cc3ccccc3)CC2)n1. The largest absolute Gasteiger partial charge is 0.356 e. The van der Waals surface area contributed by atoms with Gasteiger partial charge in [-0.3, -0.25) is 0 Å². The molecule has 2 heterocycles. The Morgan fingerprint density at radius 2 is 1.59 bits per heavy atom. The molecule has 0 spiro atoms. The number of hydrogen-bond donors (Lipinski definition) is 0. The minimum absolute atomic E-state index is 0.741. The molecule has 138 valence electrons. The standard InChI is InChI=1S/C23H26N4/c1-26(21-10-6-3-7-11-21)23-24-15-12-22(25-23)27-16-13-20(14-17-27)18-19-8-4-2-5-9-19/h2-12,15,20H,13-14,16-18H2,1H3. The number of aromatic nitrogens is 2. The number of benzene rings is 2. The lowest BCUT2D eigenvalue weighted by Gasteiger charge is -2.33. The summed E-state index contributed by atoms with van der Waals surface area (Å²) in [7, 11) is 2.01. The number of rotatable bonds is 5. The van der Waals surface area contributed by atoms with Crippen molar-refractivity contribution >= 4 is 17.5 Å². The van der Waals surface area contributed by atoms with Gasteiger partial charge in [-0.2, -0.15) is 4.98 Å². The van der Waals surface area contributed by atoms with Gasteiger partial charge in [-0.05, 0) is 48.9 Å². The second-order valence-corrected chi connectivity index (χ2v) is 7.23. The van der Waals surface area contributed by atoms with Gasteiger partial charge in [0, 0.05) is 32.0 Å². The zero-order chi connectivity index (χ0) is 18.5. The van der Waals surface area contributed by atoms with Crippen LogP contribution in [0.1, 0.15) is 18.4 Å². The molecular weight excluding hydrogens is 332 g/mol. The highest BCUT2D eigenvalue weighted by Crippen LogP contribution is 2.26. The van der Waals surface area contributed by atoms with E-state index in [4.69, 9.17) is 4.98 Å². The number of para-hydroxylation sites is 1. The van der Waals surface area contributed by atoms with Crippen molar-refractivity contribution in [3.8, 4) is 0 Å². The van der Waals surface area contributed by atoms with Gasteiger partial charge in [0.1, 0.15) is 5.82 Å². The summed E-state index contributed by atoms with van der Waals surface area (Å²) in [4.78, 5) is 13.7. The first kappa shape index (κ1) is 17.5. The molecule has 27 heavy (non-hydrogen) atoms. The summed E-state index contributed by atoms with van der Waals surface area (Å²) in [5.41, 5.74) is 2.54. The molecule has 1 fully saturated rings. The Morgan fingerprint density at radius 3 is 2.30 bits per heavy atom. The fourth-order valence-electron chi connectivity index (χ4n) is 3.76. The number of hydrogen-bond acceptors (Lipinski definition) is 4. The lowest BCUT2D eigenvalue weighted by Crippen LogP contribution is -2.35. The van der Waals surface area contributed by atoms with E-state index >= 15 is 0 Å². The van der Waals surface area contributed by atoms with Crippen LogP contribution in [0.3, 0.4) is 0 Å². The van der Waals surface area contributed by atoms with Crippen LogP contribution in [0.2, 0.25) is 0 Å². The second kappa shape index (κ2) is 8.21. The molecule has 2 aromatic carbocycles. The van der Waals surface area contributed by atoms with Crippen molar-refractivity contribution < 1.29 is 0 Å². The molecule has 1 aromatic heterocycles. The first-order chi connectivity index (χ1) is 13.3. The second-order valence-electron chi connectivity index (χ2n) is 7.23. The van der Waals surface area contributed by atoms with Gasteiger partial charge in [0.2, 0.25) is 5.95 Å². The van der Waals surface area contributed by atoms with Crippen LogP contribution in [0.5, 0.6) is 0 Å². The third-order valence-electron chi connectivity index (χ3n) is 5.38. The average molecular weight is 358 g/mol. The van der Waals surface area contributed by atoms with Crippen LogP contribution in [0.4, 0.5) is 17.5 Å². The van der Waals surface area contributed by atoms with E-state index in [0.29, 0.717) is 0 Å². The van der Waals surface area contributed by atoms with Crippen LogP contribution in [-0.2, 0) is 6.42 Å². The molecule has 0 N–H and O–H groups in total. The Labute approximate surface area is 161 Å². The van der Waals surface area contributed by atoms with Gasteiger partial charge >= 0.3 is 0 Å². The molecular formula is C23H26N4. The Morgan fingerprint density at radius 1 is 0.926 bits per heavy atom. The summed E-state index contributed by atoms with van der Waals surface area (Å²) >= 11 is 0. The van der Waals surface area contributed by atoms with Crippen molar-refractivity contribution in [2.45, 2.75) is 19.3 Å². The van der Waals surface area contributed by atoms with Crippen LogP contribution < -0.4 is 9.80 Å². The fourth-order valence-corrected chi connectivity index (χ4v) is 3.76.